The minimum absolute atomic E-state index is 0.131. The number of amides is 2. The highest BCUT2D eigenvalue weighted by Crippen LogP contribution is 2.20. The summed E-state index contributed by atoms with van der Waals surface area (Å²) < 4.78 is 0. The molecule has 0 aliphatic heterocycles. The number of anilines is 1. The number of hydrogen-bond acceptors (Lipinski definition) is 2. The second kappa shape index (κ2) is 6.92. The number of hydrogen-bond donors (Lipinski definition) is 3. The van der Waals surface area contributed by atoms with Crippen LogP contribution in [0.5, 0.6) is 0 Å². The second-order valence-corrected chi connectivity index (χ2v) is 5.19. The molecule has 0 aromatic heterocycles. The van der Waals surface area contributed by atoms with E-state index < -0.39 is 5.97 Å². The van der Waals surface area contributed by atoms with Gasteiger partial charge in [-0.15, -0.1) is 0 Å². The molecule has 5 nitrogen and oxygen atoms in total. The normalized spacial score (nSPS) is 13.7. The van der Waals surface area contributed by atoms with Gasteiger partial charge in [0.25, 0.3) is 0 Å². The maximum atomic E-state index is 11.8. The van der Waals surface area contributed by atoms with E-state index >= 15 is 0 Å². The minimum atomic E-state index is -1.04. The fraction of sp³-hybridized carbons (Fsp3) is 0.375. The van der Waals surface area contributed by atoms with Crippen molar-refractivity contribution in [2.75, 3.05) is 11.9 Å². The summed E-state index contributed by atoms with van der Waals surface area (Å²) in [5.74, 6) is -1.04. The Labute approximate surface area is 124 Å². The first-order chi connectivity index (χ1) is 10.1. The van der Waals surface area contributed by atoms with Gasteiger partial charge in [-0.3, -0.25) is 0 Å². The van der Waals surface area contributed by atoms with Gasteiger partial charge >= 0.3 is 12.0 Å². The minimum Gasteiger partial charge on any atom is -0.478 e. The van der Waals surface area contributed by atoms with Crippen molar-refractivity contribution in [3.8, 4) is 0 Å². The van der Waals surface area contributed by atoms with E-state index in [2.05, 4.69) is 16.7 Å². The Bertz CT molecular complexity index is 579. The number of urea groups is 1. The fourth-order valence-electron chi connectivity index (χ4n) is 2.52. The van der Waals surface area contributed by atoms with Gasteiger partial charge in [-0.1, -0.05) is 23.8 Å². The van der Waals surface area contributed by atoms with Crippen LogP contribution in [-0.2, 0) is 0 Å². The quantitative estimate of drug-likeness (QED) is 0.727. The maximum Gasteiger partial charge on any atom is 0.338 e. The molecular formula is C16H20N2O3. The zero-order chi connectivity index (χ0) is 15.2. The van der Waals surface area contributed by atoms with Gasteiger partial charge in [-0.25, -0.2) is 9.59 Å². The summed E-state index contributed by atoms with van der Waals surface area (Å²) in [7, 11) is 0. The van der Waals surface area contributed by atoms with Crippen LogP contribution in [0.15, 0.2) is 29.8 Å². The first-order valence-corrected chi connectivity index (χ1v) is 7.13. The summed E-state index contributed by atoms with van der Waals surface area (Å²) in [6.45, 7) is 2.27. The second-order valence-electron chi connectivity index (χ2n) is 5.19. The van der Waals surface area contributed by atoms with Crippen molar-refractivity contribution in [2.45, 2.75) is 32.6 Å². The van der Waals surface area contributed by atoms with Gasteiger partial charge in [0.1, 0.15) is 0 Å². The molecule has 0 fully saturated rings. The third-order valence-electron chi connectivity index (χ3n) is 3.60. The molecule has 3 N–H and O–H groups in total. The standard InChI is InChI=1S/C16H20N2O3/c1-11-5-4-8-13(14(11)15(19)20)18-16(21)17-10-9-12-6-2-3-7-12/h4-6,8H,2-3,7,9-10H2,1H3,(H,19,20)(H2,17,18,21). The molecule has 0 radical (unpaired) electrons. The molecule has 1 aliphatic carbocycles. The lowest BCUT2D eigenvalue weighted by molar-refractivity contribution is 0.0697. The van der Waals surface area contributed by atoms with Gasteiger partial charge < -0.3 is 15.7 Å². The molecule has 1 aromatic rings. The molecule has 0 heterocycles. The highest BCUT2D eigenvalue weighted by molar-refractivity contribution is 6.01. The Morgan fingerprint density at radius 2 is 2.14 bits per heavy atom. The Kier molecular flexibility index (Phi) is 4.98. The summed E-state index contributed by atoms with van der Waals surface area (Å²) in [5, 5.41) is 14.6. The van der Waals surface area contributed by atoms with Crippen LogP contribution in [0.25, 0.3) is 0 Å². The van der Waals surface area contributed by atoms with Gasteiger partial charge in [0.2, 0.25) is 0 Å². The number of benzene rings is 1. The smallest absolute Gasteiger partial charge is 0.338 e. The average Bonchev–Trinajstić information content (AvgIpc) is 2.91. The van der Waals surface area contributed by atoms with Gasteiger partial charge in [-0.05, 0) is 44.2 Å². The first-order valence-electron chi connectivity index (χ1n) is 7.13. The van der Waals surface area contributed by atoms with Crippen molar-refractivity contribution < 1.29 is 14.7 Å². The lowest BCUT2D eigenvalue weighted by atomic mass is 10.1. The molecule has 5 heteroatoms. The van der Waals surface area contributed by atoms with Crippen LogP contribution < -0.4 is 10.6 Å². The van der Waals surface area contributed by atoms with E-state index in [9.17, 15) is 14.7 Å². The number of aromatic carboxylic acids is 1. The van der Waals surface area contributed by atoms with Crippen LogP contribution in [0, 0.1) is 6.92 Å². The predicted molar refractivity (Wildman–Crippen MR) is 81.7 cm³/mol. The Balaban J connectivity index is 1.90. The molecule has 2 amide bonds. The average molecular weight is 288 g/mol. The summed E-state index contributed by atoms with van der Waals surface area (Å²) in [5.41, 5.74) is 2.46. The van der Waals surface area contributed by atoms with E-state index in [0.717, 1.165) is 19.3 Å². The lowest BCUT2D eigenvalue weighted by Crippen LogP contribution is -2.30. The molecule has 0 spiro atoms. The Morgan fingerprint density at radius 1 is 1.33 bits per heavy atom. The largest absolute Gasteiger partial charge is 0.478 e. The zero-order valence-corrected chi connectivity index (χ0v) is 12.1. The summed E-state index contributed by atoms with van der Waals surface area (Å²) in [6.07, 6.45) is 6.53. The van der Waals surface area contributed by atoms with Gasteiger partial charge in [-0.2, -0.15) is 0 Å². The molecule has 0 unspecified atom stereocenters. The molecule has 21 heavy (non-hydrogen) atoms. The van der Waals surface area contributed by atoms with E-state index in [1.807, 2.05) is 0 Å². The molecule has 1 aromatic carbocycles. The highest BCUT2D eigenvalue weighted by atomic mass is 16.4. The van der Waals surface area contributed by atoms with Crippen LogP contribution in [0.1, 0.15) is 41.6 Å². The Hall–Kier alpha value is -2.30. The predicted octanol–water partition coefficient (Wildman–Crippen LogP) is 3.32. The number of allylic oxidation sites excluding steroid dienone is 1. The molecule has 112 valence electrons. The van der Waals surface area contributed by atoms with Crippen molar-refractivity contribution in [2.24, 2.45) is 0 Å². The van der Waals surface area contributed by atoms with E-state index in [-0.39, 0.29) is 11.6 Å². The maximum absolute atomic E-state index is 11.8. The summed E-state index contributed by atoms with van der Waals surface area (Å²) >= 11 is 0. The van der Waals surface area contributed by atoms with Crippen molar-refractivity contribution in [3.05, 3.63) is 41.0 Å². The van der Waals surface area contributed by atoms with Crippen LogP contribution in [0.4, 0.5) is 10.5 Å². The third-order valence-corrected chi connectivity index (χ3v) is 3.60. The number of rotatable bonds is 5. The van der Waals surface area contributed by atoms with Gasteiger partial charge in [0.15, 0.2) is 0 Å². The number of carbonyl (C=O) groups excluding carboxylic acids is 1. The summed E-state index contributed by atoms with van der Waals surface area (Å²) in [4.78, 5) is 23.1. The van der Waals surface area contributed by atoms with Crippen LogP contribution in [-0.4, -0.2) is 23.7 Å². The summed E-state index contributed by atoms with van der Waals surface area (Å²) in [6, 6.07) is 4.65. The molecule has 2 rings (SSSR count). The van der Waals surface area contributed by atoms with Gasteiger partial charge in [0, 0.05) is 6.54 Å². The monoisotopic (exact) mass is 288 g/mol. The molecule has 0 atom stereocenters. The molecule has 0 saturated heterocycles. The van der Waals surface area contributed by atoms with Crippen LogP contribution in [0.2, 0.25) is 0 Å². The highest BCUT2D eigenvalue weighted by Gasteiger charge is 2.14. The van der Waals surface area contributed by atoms with Gasteiger partial charge in [0.05, 0.1) is 11.3 Å². The van der Waals surface area contributed by atoms with Crippen molar-refractivity contribution in [1.82, 2.24) is 5.32 Å². The third kappa shape index (κ3) is 4.08. The van der Waals surface area contributed by atoms with Crippen LogP contribution in [0.3, 0.4) is 0 Å². The molecular weight excluding hydrogens is 268 g/mol. The van der Waals surface area contributed by atoms with Crippen molar-refractivity contribution in [3.63, 3.8) is 0 Å². The Morgan fingerprint density at radius 3 is 2.81 bits per heavy atom. The number of carbonyl (C=O) groups is 2. The van der Waals surface area contributed by atoms with Crippen LogP contribution >= 0.6 is 0 Å². The van der Waals surface area contributed by atoms with E-state index in [1.165, 1.54) is 12.0 Å². The van der Waals surface area contributed by atoms with E-state index in [0.29, 0.717) is 17.8 Å². The number of carboxylic acids is 1. The fourth-order valence-corrected chi connectivity index (χ4v) is 2.52. The topological polar surface area (TPSA) is 78.4 Å². The number of aryl methyl sites for hydroxylation is 1. The molecule has 1 aliphatic rings. The zero-order valence-electron chi connectivity index (χ0n) is 12.1. The van der Waals surface area contributed by atoms with Crippen molar-refractivity contribution in [1.29, 1.82) is 0 Å². The number of carboxylic acid groups (broad SMARTS) is 1. The number of nitrogens with one attached hydrogen (secondary N) is 2. The van der Waals surface area contributed by atoms with Crippen molar-refractivity contribution >= 4 is 17.7 Å². The van der Waals surface area contributed by atoms with E-state index in [1.54, 1.807) is 25.1 Å². The molecule has 0 saturated carbocycles. The first kappa shape index (κ1) is 15.1. The van der Waals surface area contributed by atoms with E-state index in [4.69, 9.17) is 0 Å². The SMILES string of the molecule is Cc1cccc(NC(=O)NCCC2=CCCC2)c1C(=O)O. The lowest BCUT2D eigenvalue weighted by Gasteiger charge is -2.11. The molecule has 0 bridgehead atoms.